The summed E-state index contributed by atoms with van der Waals surface area (Å²) < 4.78 is 12.8. The second-order valence-corrected chi connectivity index (χ2v) is 5.14. The van der Waals surface area contributed by atoms with E-state index in [0.29, 0.717) is 12.7 Å². The van der Waals surface area contributed by atoms with E-state index in [4.69, 9.17) is 9.47 Å². The first kappa shape index (κ1) is 11.7. The van der Waals surface area contributed by atoms with Gasteiger partial charge in [0.15, 0.2) is 11.5 Å². The van der Waals surface area contributed by atoms with Gasteiger partial charge in [-0.3, -0.25) is 4.57 Å². The molecule has 0 saturated carbocycles. The van der Waals surface area contributed by atoms with Crippen LogP contribution in [0.15, 0.2) is 24.5 Å². The van der Waals surface area contributed by atoms with E-state index in [1.165, 1.54) is 6.42 Å². The Morgan fingerprint density at radius 1 is 1.25 bits per heavy atom. The van der Waals surface area contributed by atoms with Gasteiger partial charge in [0.1, 0.15) is 12.2 Å². The van der Waals surface area contributed by atoms with Gasteiger partial charge in [0.25, 0.3) is 0 Å². The van der Waals surface area contributed by atoms with Gasteiger partial charge in [-0.25, -0.2) is 0 Å². The topological polar surface area (TPSA) is 61.2 Å². The summed E-state index contributed by atoms with van der Waals surface area (Å²) in [6.45, 7) is 2.35. The van der Waals surface area contributed by atoms with Gasteiger partial charge in [0.05, 0.1) is 5.69 Å². The van der Waals surface area contributed by atoms with E-state index in [0.717, 1.165) is 42.5 Å². The number of benzene rings is 1. The van der Waals surface area contributed by atoms with Crippen LogP contribution in [0, 0.1) is 0 Å². The highest BCUT2D eigenvalue weighted by atomic mass is 16.7. The van der Waals surface area contributed by atoms with Crippen molar-refractivity contribution < 1.29 is 9.47 Å². The minimum absolute atomic E-state index is 0.292. The van der Waals surface area contributed by atoms with Crippen LogP contribution in [-0.2, 0) is 0 Å². The van der Waals surface area contributed by atoms with Crippen LogP contribution in [0.4, 0.5) is 0 Å². The van der Waals surface area contributed by atoms with E-state index >= 15 is 0 Å². The fourth-order valence-corrected chi connectivity index (χ4v) is 2.83. The average Bonchev–Trinajstić information content (AvgIpc) is 3.16. The smallest absolute Gasteiger partial charge is 0.231 e. The van der Waals surface area contributed by atoms with Crippen LogP contribution >= 0.6 is 0 Å². The van der Waals surface area contributed by atoms with Crippen LogP contribution in [0.2, 0.25) is 0 Å². The predicted molar refractivity (Wildman–Crippen MR) is 72.3 cm³/mol. The minimum atomic E-state index is 0.292. The van der Waals surface area contributed by atoms with Crippen LogP contribution in [0.25, 0.3) is 5.69 Å². The van der Waals surface area contributed by atoms with Crippen molar-refractivity contribution in [3.8, 4) is 17.2 Å². The number of fused-ring (bicyclic) bond motifs is 1. The summed E-state index contributed by atoms with van der Waals surface area (Å²) in [5.41, 5.74) is 1.01. The van der Waals surface area contributed by atoms with Crippen molar-refractivity contribution in [1.29, 1.82) is 0 Å². The molecule has 1 aromatic carbocycles. The number of hydrogen-bond donors (Lipinski definition) is 1. The molecule has 6 nitrogen and oxygen atoms in total. The molecule has 1 fully saturated rings. The molecule has 4 rings (SSSR count). The summed E-state index contributed by atoms with van der Waals surface area (Å²) in [4.78, 5) is 0. The number of hydrogen-bond acceptors (Lipinski definition) is 5. The Bertz CT molecular complexity index is 619. The summed E-state index contributed by atoms with van der Waals surface area (Å²) >= 11 is 0. The number of aromatic nitrogens is 3. The number of nitrogens with zero attached hydrogens (tertiary/aromatic N) is 3. The van der Waals surface area contributed by atoms with E-state index in [1.54, 1.807) is 6.33 Å². The summed E-state index contributed by atoms with van der Waals surface area (Å²) in [5, 5.41) is 11.8. The first-order valence-corrected chi connectivity index (χ1v) is 6.92. The Hall–Kier alpha value is -2.08. The molecule has 1 atom stereocenters. The van der Waals surface area contributed by atoms with E-state index in [-0.39, 0.29) is 0 Å². The van der Waals surface area contributed by atoms with Crippen molar-refractivity contribution in [3.63, 3.8) is 0 Å². The second-order valence-electron chi connectivity index (χ2n) is 5.14. The van der Waals surface area contributed by atoms with Crippen molar-refractivity contribution >= 4 is 0 Å². The van der Waals surface area contributed by atoms with Crippen LogP contribution < -0.4 is 14.8 Å². The van der Waals surface area contributed by atoms with Gasteiger partial charge < -0.3 is 14.8 Å². The third kappa shape index (κ3) is 1.92. The predicted octanol–water partition coefficient (Wildman–Crippen LogP) is 1.46. The Morgan fingerprint density at radius 2 is 2.20 bits per heavy atom. The van der Waals surface area contributed by atoms with Crippen molar-refractivity contribution in [2.24, 2.45) is 0 Å². The summed E-state index contributed by atoms with van der Waals surface area (Å²) in [6.07, 6.45) is 4.09. The lowest BCUT2D eigenvalue weighted by Crippen LogP contribution is -2.29. The van der Waals surface area contributed by atoms with Gasteiger partial charge in [-0.2, -0.15) is 0 Å². The molecule has 1 saturated heterocycles. The van der Waals surface area contributed by atoms with E-state index in [1.807, 2.05) is 22.8 Å². The first-order chi connectivity index (χ1) is 9.92. The van der Waals surface area contributed by atoms with Gasteiger partial charge in [0.2, 0.25) is 6.79 Å². The molecule has 1 aromatic heterocycles. The van der Waals surface area contributed by atoms with Crippen LogP contribution in [0.5, 0.6) is 11.5 Å². The molecule has 3 heterocycles. The highest BCUT2D eigenvalue weighted by molar-refractivity contribution is 5.50. The minimum Gasteiger partial charge on any atom is -0.454 e. The van der Waals surface area contributed by atoms with Crippen molar-refractivity contribution in [3.05, 3.63) is 30.4 Å². The van der Waals surface area contributed by atoms with Crippen molar-refractivity contribution in [2.45, 2.75) is 18.8 Å². The van der Waals surface area contributed by atoms with Crippen LogP contribution in [0.3, 0.4) is 0 Å². The Morgan fingerprint density at radius 3 is 3.10 bits per heavy atom. The number of piperidine rings is 1. The molecule has 2 aromatic rings. The van der Waals surface area contributed by atoms with Gasteiger partial charge in [0, 0.05) is 18.5 Å². The largest absolute Gasteiger partial charge is 0.454 e. The fourth-order valence-electron chi connectivity index (χ4n) is 2.83. The van der Waals surface area contributed by atoms with Gasteiger partial charge in [-0.15, -0.1) is 10.2 Å². The average molecular weight is 272 g/mol. The normalized spacial score (nSPS) is 21.1. The summed E-state index contributed by atoms with van der Waals surface area (Å²) in [7, 11) is 0. The number of rotatable bonds is 2. The SMILES string of the molecule is c1cc2c(cc1-n1cnnc1C1CCCNC1)OCO2. The maximum absolute atomic E-state index is 5.43. The molecule has 1 unspecified atom stereocenters. The third-order valence-electron chi connectivity index (χ3n) is 3.87. The van der Waals surface area contributed by atoms with Gasteiger partial charge >= 0.3 is 0 Å². The van der Waals surface area contributed by atoms with Gasteiger partial charge in [-0.05, 0) is 31.5 Å². The maximum atomic E-state index is 5.43. The highest BCUT2D eigenvalue weighted by Crippen LogP contribution is 2.34. The second kappa shape index (κ2) is 4.79. The molecule has 0 aliphatic carbocycles. The zero-order chi connectivity index (χ0) is 13.4. The summed E-state index contributed by atoms with van der Waals surface area (Å²) in [6, 6.07) is 5.92. The van der Waals surface area contributed by atoms with Crippen LogP contribution in [-0.4, -0.2) is 34.6 Å². The third-order valence-corrected chi connectivity index (χ3v) is 3.87. The quantitative estimate of drug-likeness (QED) is 0.897. The molecule has 0 bridgehead atoms. The molecule has 6 heteroatoms. The molecule has 20 heavy (non-hydrogen) atoms. The fraction of sp³-hybridized carbons (Fsp3) is 0.429. The first-order valence-electron chi connectivity index (χ1n) is 6.92. The van der Waals surface area contributed by atoms with E-state index < -0.39 is 0 Å². The Kier molecular flexibility index (Phi) is 2.81. The molecule has 0 spiro atoms. The zero-order valence-corrected chi connectivity index (χ0v) is 11.1. The molecule has 2 aliphatic heterocycles. The molecule has 1 N–H and O–H groups in total. The molecular formula is C14H16N4O2. The lowest BCUT2D eigenvalue weighted by Gasteiger charge is -2.22. The molecule has 0 radical (unpaired) electrons. The standard InChI is InChI=1S/C14H16N4O2/c1-2-10(7-15-5-1)14-17-16-8-18(14)11-3-4-12-13(6-11)20-9-19-12/h3-4,6,8,10,15H,1-2,5,7,9H2. The van der Waals surface area contributed by atoms with Crippen LogP contribution in [0.1, 0.15) is 24.6 Å². The van der Waals surface area contributed by atoms with Gasteiger partial charge in [-0.1, -0.05) is 0 Å². The van der Waals surface area contributed by atoms with Crippen molar-refractivity contribution in [1.82, 2.24) is 20.1 Å². The molecule has 0 amide bonds. The summed E-state index contributed by atoms with van der Waals surface area (Å²) in [5.74, 6) is 3.00. The Labute approximate surface area is 116 Å². The van der Waals surface area contributed by atoms with E-state index in [9.17, 15) is 0 Å². The highest BCUT2D eigenvalue weighted by Gasteiger charge is 2.22. The maximum Gasteiger partial charge on any atom is 0.231 e. The lowest BCUT2D eigenvalue weighted by atomic mass is 9.99. The van der Waals surface area contributed by atoms with E-state index in [2.05, 4.69) is 15.5 Å². The molecule has 2 aliphatic rings. The monoisotopic (exact) mass is 272 g/mol. The lowest BCUT2D eigenvalue weighted by molar-refractivity contribution is 0.174. The molecular weight excluding hydrogens is 256 g/mol. The zero-order valence-electron chi connectivity index (χ0n) is 11.1. The number of nitrogens with one attached hydrogen (secondary N) is 1. The molecule has 104 valence electrons. The van der Waals surface area contributed by atoms with Crippen molar-refractivity contribution in [2.75, 3.05) is 19.9 Å². The Balaban J connectivity index is 1.70. The number of ether oxygens (including phenoxy) is 2.